The van der Waals surface area contributed by atoms with Crippen LogP contribution in [0.1, 0.15) is 138 Å². The fraction of sp³-hybridized carbons (Fsp3) is 0.351. The highest BCUT2D eigenvalue weighted by Gasteiger charge is 2.50. The maximum Gasteiger partial charge on any atom is 0.261 e. The minimum atomic E-state index is -2.53. The summed E-state index contributed by atoms with van der Waals surface area (Å²) < 4.78 is 19.2. The Hall–Kier alpha value is -7.10. The zero-order valence-corrected chi connectivity index (χ0v) is 56.6. The summed E-state index contributed by atoms with van der Waals surface area (Å²) in [6.45, 7) is 21.4. The van der Waals surface area contributed by atoms with Gasteiger partial charge < -0.3 is 33.9 Å². The third-order valence-corrected chi connectivity index (χ3v) is 28.5. The number of ether oxygens (including phenoxy) is 2. The van der Waals surface area contributed by atoms with Crippen molar-refractivity contribution in [2.45, 2.75) is 130 Å². The Bertz CT molecular complexity index is 3150. The number of hydrogen-bond donors (Lipinski definition) is 2. The maximum atomic E-state index is 11.8. The molecule has 0 heterocycles. The predicted molar refractivity (Wildman–Crippen MR) is 378 cm³/mol. The fourth-order valence-electron chi connectivity index (χ4n) is 11.2. The van der Waals surface area contributed by atoms with Crippen LogP contribution in [-0.2, 0) is 17.6 Å². The molecule has 2 N–H and O–H groups in total. The van der Waals surface area contributed by atoms with Gasteiger partial charge in [0.05, 0.1) is 11.1 Å². The number of aliphatic hydroxyl groups excluding tert-OH is 2. The largest absolute Gasteiger partial charge is 0.488 e. The molecule has 0 aliphatic rings. The number of nitrogens with zero attached hydrogens (tertiary/aromatic N) is 2. The Kier molecular flexibility index (Phi) is 29.6. The molecule has 0 aromatic heterocycles. The number of rotatable bonds is 32. The van der Waals surface area contributed by atoms with Crippen molar-refractivity contribution in [3.8, 4) is 11.5 Å². The van der Waals surface area contributed by atoms with Crippen molar-refractivity contribution < 1.29 is 33.7 Å². The average Bonchev–Trinajstić information content (AvgIpc) is 0.868. The highest BCUT2D eigenvalue weighted by Crippen LogP contribution is 2.39. The lowest BCUT2D eigenvalue weighted by atomic mass is 10.1. The van der Waals surface area contributed by atoms with Gasteiger partial charge in [0.25, 0.3) is 8.32 Å². The van der Waals surface area contributed by atoms with Crippen LogP contribution in [0.3, 0.4) is 0 Å². The molecule has 89 heavy (non-hydrogen) atoms. The molecule has 8 aromatic carbocycles. The van der Waals surface area contributed by atoms with Crippen LogP contribution in [0.4, 0.5) is 11.4 Å². The van der Waals surface area contributed by atoms with Gasteiger partial charge in [0.1, 0.15) is 24.7 Å². The lowest BCUT2D eigenvalue weighted by Crippen LogP contribution is -2.66. The minimum Gasteiger partial charge on any atom is -0.488 e. The molecular formula is C77H97ClN2O7Si2. The molecule has 0 bridgehead atoms. The van der Waals surface area contributed by atoms with Crippen molar-refractivity contribution in [1.82, 2.24) is 0 Å². The molecule has 0 unspecified atom stereocenters. The van der Waals surface area contributed by atoms with Gasteiger partial charge in [-0.2, -0.15) is 11.1 Å². The molecule has 8 rings (SSSR count). The molecule has 0 saturated heterocycles. The first-order valence-corrected chi connectivity index (χ1v) is 36.8. The normalized spacial score (nSPS) is 11.5. The fourth-order valence-corrected chi connectivity index (χ4v) is 20.0. The number of aldehydes is 2. The van der Waals surface area contributed by atoms with Crippen molar-refractivity contribution in [3.63, 3.8) is 0 Å². The molecule has 8 aromatic rings. The van der Waals surface area contributed by atoms with Crippen molar-refractivity contribution in [2.75, 3.05) is 55.8 Å². The van der Waals surface area contributed by atoms with E-state index in [1.54, 1.807) is 6.07 Å². The van der Waals surface area contributed by atoms with Gasteiger partial charge in [-0.3, -0.25) is 9.59 Å². The first kappa shape index (κ1) is 71.0. The molecule has 0 radical (unpaired) electrons. The van der Waals surface area contributed by atoms with E-state index in [9.17, 15) is 9.59 Å². The highest BCUT2D eigenvalue weighted by molar-refractivity contribution is 7.35. The zero-order valence-electron chi connectivity index (χ0n) is 53.9. The summed E-state index contributed by atoms with van der Waals surface area (Å²) in [5, 5.41) is 23.3. The van der Waals surface area contributed by atoms with Gasteiger partial charge in [-0.15, -0.1) is 0 Å². The van der Waals surface area contributed by atoms with Crippen molar-refractivity contribution in [3.05, 3.63) is 241 Å². The van der Waals surface area contributed by atoms with E-state index in [2.05, 4.69) is 174 Å². The second-order valence-corrected chi connectivity index (χ2v) is 34.6. The van der Waals surface area contributed by atoms with Crippen LogP contribution in [-0.4, -0.2) is 84.5 Å². The number of aliphatic hydroxyl groups is 2. The minimum absolute atomic E-state index is 0.0294. The monoisotopic (exact) mass is 1250 g/mol. The second kappa shape index (κ2) is 37.2. The van der Waals surface area contributed by atoms with E-state index >= 15 is 0 Å². The van der Waals surface area contributed by atoms with Crippen molar-refractivity contribution in [1.29, 1.82) is 0 Å². The average molecular weight is 1250 g/mol. The van der Waals surface area contributed by atoms with E-state index in [0.717, 1.165) is 106 Å². The topological polar surface area (TPSA) is 109 Å². The second-order valence-electron chi connectivity index (χ2n) is 24.6. The molecule has 0 atom stereocenters. The van der Waals surface area contributed by atoms with Crippen LogP contribution in [0.15, 0.2) is 218 Å². The molecule has 472 valence electrons. The van der Waals surface area contributed by atoms with Gasteiger partial charge in [0.2, 0.25) is 7.38 Å². The van der Waals surface area contributed by atoms with Gasteiger partial charge in [0, 0.05) is 69.5 Å². The zero-order chi connectivity index (χ0) is 63.8. The number of halogens is 1. The molecule has 0 aliphatic carbocycles. The Labute approximate surface area is 539 Å². The predicted octanol–water partition coefficient (Wildman–Crippen LogP) is 15.6. The number of benzene rings is 8. The third-order valence-electron chi connectivity index (χ3n) is 16.1. The summed E-state index contributed by atoms with van der Waals surface area (Å²) in [4.78, 5) is 27.9. The summed E-state index contributed by atoms with van der Waals surface area (Å²) in [6.07, 6.45) is 10.4. The van der Waals surface area contributed by atoms with Crippen LogP contribution in [0.5, 0.6) is 11.5 Å². The van der Waals surface area contributed by atoms with Gasteiger partial charge in [-0.05, 0) is 111 Å². The Balaban J connectivity index is 0.000000237. The van der Waals surface area contributed by atoms with Crippen molar-refractivity contribution >= 4 is 71.5 Å². The molecular weight excluding hydrogens is 1160 g/mol. The van der Waals surface area contributed by atoms with E-state index < -0.39 is 15.7 Å². The Morgan fingerprint density at radius 2 is 0.764 bits per heavy atom. The smallest absolute Gasteiger partial charge is 0.261 e. The first-order valence-electron chi connectivity index (χ1n) is 31.9. The van der Waals surface area contributed by atoms with E-state index in [1.807, 2.05) is 97.1 Å². The number of hydrogen-bond acceptors (Lipinski definition) is 9. The Morgan fingerprint density at radius 3 is 1.09 bits per heavy atom. The van der Waals surface area contributed by atoms with Gasteiger partial charge >= 0.3 is 0 Å². The highest BCUT2D eigenvalue weighted by atomic mass is 35.6. The third kappa shape index (κ3) is 21.0. The number of anilines is 2. The van der Waals surface area contributed by atoms with Crippen molar-refractivity contribution in [2.24, 2.45) is 0 Å². The van der Waals surface area contributed by atoms with Crippen LogP contribution >= 0.6 is 11.1 Å². The lowest BCUT2D eigenvalue weighted by Gasteiger charge is -2.43. The summed E-state index contributed by atoms with van der Waals surface area (Å²) in [5.41, 5.74) is 5.32. The summed E-state index contributed by atoms with van der Waals surface area (Å²) >= 11 is 7.21. The SMILES string of the molecule is CC(C)(C)[Si](Cl)(c1ccccc1)c1ccccc1.CCCCCN(CCCCO[Si](c1ccccc1)(c1ccccc1)C(C)(C)C)c1ccc(C=O)c(OCc2ccccc2)c1.O=Cc1ccc(N(CCCCO)CCCCO)cc1OCc1ccccc1. The lowest BCUT2D eigenvalue weighted by molar-refractivity contribution is 0.111. The van der Waals surface area contributed by atoms with E-state index in [-0.39, 0.29) is 23.3 Å². The van der Waals surface area contributed by atoms with Gasteiger partial charge in [-0.1, -0.05) is 243 Å². The van der Waals surface area contributed by atoms with Crippen LogP contribution in [0.25, 0.3) is 0 Å². The summed E-state index contributed by atoms with van der Waals surface area (Å²) in [5.74, 6) is 1.21. The molecule has 0 spiro atoms. The molecule has 0 aliphatic heterocycles. The standard InChI is InChI=1S/C39H49NO3Si.C22H29NO4.C16H19ClSi/c1-5-6-16-27-40(35-26-25-34(31-41)38(30-35)42-32-33-19-10-7-11-20-33)28-17-18-29-43-44(39(2,3)4,36-21-12-8-13-22-36)37-23-14-9-15-24-37;24-14-6-4-12-23(13-5-7-15-25)21-11-10-20(17-26)22(16-21)27-18-19-8-2-1-3-9-19;1-16(2,3)18(17,14-10-6-4-7-11-14)15-12-8-5-9-13-15/h7-15,19-26,30-31H,5-6,16-18,27-29,32H2,1-4H3;1-3,8-11,16-17,24-25H,4-7,12-15,18H2;4-13H,1-3H3. The Morgan fingerprint density at radius 1 is 0.427 bits per heavy atom. The maximum absolute atomic E-state index is 11.8. The summed E-state index contributed by atoms with van der Waals surface area (Å²) in [6, 6.07) is 74.3. The molecule has 12 heteroatoms. The van der Waals surface area contributed by atoms with E-state index in [4.69, 9.17) is 35.2 Å². The first-order chi connectivity index (χ1) is 43.1. The van der Waals surface area contributed by atoms with E-state index in [1.165, 1.54) is 33.6 Å². The molecule has 0 amide bonds. The van der Waals surface area contributed by atoms with Crippen LogP contribution in [0, 0.1) is 0 Å². The van der Waals surface area contributed by atoms with E-state index in [0.29, 0.717) is 42.4 Å². The van der Waals surface area contributed by atoms with Crippen LogP contribution in [0.2, 0.25) is 10.1 Å². The molecule has 9 nitrogen and oxygen atoms in total. The molecule has 0 saturated carbocycles. The van der Waals surface area contributed by atoms with Gasteiger partial charge in [-0.25, -0.2) is 0 Å². The van der Waals surface area contributed by atoms with Crippen LogP contribution < -0.4 is 40.0 Å². The molecule has 0 fully saturated rings. The number of unbranched alkanes of at least 4 members (excludes halogenated alkanes) is 5. The number of carbonyl (C=O) groups excluding carboxylic acids is 2. The van der Waals surface area contributed by atoms with Gasteiger partial charge in [0.15, 0.2) is 12.6 Å². The number of carbonyl (C=O) groups is 2. The quantitative estimate of drug-likeness (QED) is 0.0184. The summed E-state index contributed by atoms with van der Waals surface area (Å²) in [7, 11) is -4.77.